The van der Waals surface area contributed by atoms with E-state index in [1.807, 2.05) is 6.07 Å². The standard InChI is InChI=1S/C28H42N4O3/c1-28(2,3)15-26(33)31-20-14-19(16-29-17-20)27(34)32(21-11-12-21)25(10-7-13-35-4)23-18-30-24-9-6-5-8-22(23)24/h5-6,8-9,18-21,25,29-30H,7,10-17H2,1-4H3,(H,31,33)/t19-,20-,25?/m0/s1. The molecule has 0 radical (unpaired) electrons. The summed E-state index contributed by atoms with van der Waals surface area (Å²) in [7, 11) is 1.73. The highest BCUT2D eigenvalue weighted by Gasteiger charge is 2.42. The van der Waals surface area contributed by atoms with Gasteiger partial charge in [0.05, 0.1) is 12.0 Å². The van der Waals surface area contributed by atoms with E-state index in [4.69, 9.17) is 4.74 Å². The lowest BCUT2D eigenvalue weighted by atomic mass is 9.90. The molecular weight excluding hydrogens is 440 g/mol. The molecule has 7 nitrogen and oxygen atoms in total. The molecule has 3 atom stereocenters. The Morgan fingerprint density at radius 1 is 1.20 bits per heavy atom. The van der Waals surface area contributed by atoms with Crippen LogP contribution in [0.15, 0.2) is 30.5 Å². The molecule has 4 rings (SSSR count). The van der Waals surface area contributed by atoms with Crippen molar-refractivity contribution in [3.8, 4) is 0 Å². The fourth-order valence-corrected chi connectivity index (χ4v) is 5.39. The zero-order valence-electron chi connectivity index (χ0n) is 21.7. The second kappa shape index (κ2) is 11.1. The second-order valence-electron chi connectivity index (χ2n) is 11.5. The van der Waals surface area contributed by atoms with Gasteiger partial charge in [-0.15, -0.1) is 0 Å². The second-order valence-corrected chi connectivity index (χ2v) is 11.5. The summed E-state index contributed by atoms with van der Waals surface area (Å²) in [5.74, 6) is 0.134. The number of nitrogens with one attached hydrogen (secondary N) is 3. The van der Waals surface area contributed by atoms with Crippen LogP contribution in [0.1, 0.15) is 70.9 Å². The first-order valence-corrected chi connectivity index (χ1v) is 13.1. The maximum absolute atomic E-state index is 14.1. The fraction of sp³-hybridized carbons (Fsp3) is 0.643. The molecule has 1 unspecified atom stereocenters. The third-order valence-electron chi connectivity index (χ3n) is 7.09. The van der Waals surface area contributed by atoms with Gasteiger partial charge >= 0.3 is 0 Å². The number of H-pyrrole nitrogens is 1. The topological polar surface area (TPSA) is 86.5 Å². The number of piperidine rings is 1. The molecule has 1 saturated heterocycles. The molecule has 1 aromatic heterocycles. The summed E-state index contributed by atoms with van der Waals surface area (Å²) >= 11 is 0. The van der Waals surface area contributed by atoms with Gasteiger partial charge < -0.3 is 25.3 Å². The van der Waals surface area contributed by atoms with Crippen molar-refractivity contribution in [2.45, 2.75) is 77.4 Å². The summed E-state index contributed by atoms with van der Waals surface area (Å²) < 4.78 is 5.35. The molecular formula is C28H42N4O3. The first kappa shape index (κ1) is 25.7. The van der Waals surface area contributed by atoms with Gasteiger partial charge in [0, 0.05) is 62.4 Å². The Morgan fingerprint density at radius 3 is 2.69 bits per heavy atom. The first-order chi connectivity index (χ1) is 16.8. The van der Waals surface area contributed by atoms with E-state index in [-0.39, 0.29) is 35.2 Å². The van der Waals surface area contributed by atoms with E-state index in [9.17, 15) is 9.59 Å². The Balaban J connectivity index is 1.53. The van der Waals surface area contributed by atoms with E-state index in [0.717, 1.165) is 31.2 Å². The molecule has 2 aliphatic rings. The van der Waals surface area contributed by atoms with Crippen molar-refractivity contribution < 1.29 is 14.3 Å². The van der Waals surface area contributed by atoms with Gasteiger partial charge in [0.1, 0.15) is 0 Å². The molecule has 1 aliphatic carbocycles. The fourth-order valence-electron chi connectivity index (χ4n) is 5.39. The molecule has 1 aliphatic heterocycles. The van der Waals surface area contributed by atoms with Crippen molar-refractivity contribution >= 4 is 22.7 Å². The Hall–Kier alpha value is -2.38. The van der Waals surface area contributed by atoms with Crippen LogP contribution in [0.5, 0.6) is 0 Å². The van der Waals surface area contributed by atoms with Crippen molar-refractivity contribution in [1.82, 2.24) is 20.5 Å². The van der Waals surface area contributed by atoms with Crippen LogP contribution in [0, 0.1) is 11.3 Å². The summed E-state index contributed by atoms with van der Waals surface area (Å²) in [5.41, 5.74) is 2.23. The quantitative estimate of drug-likeness (QED) is 0.444. The minimum atomic E-state index is -0.139. The molecule has 1 aromatic carbocycles. The van der Waals surface area contributed by atoms with Crippen LogP contribution < -0.4 is 10.6 Å². The Morgan fingerprint density at radius 2 is 1.97 bits per heavy atom. The van der Waals surface area contributed by atoms with E-state index < -0.39 is 0 Å². The zero-order chi connectivity index (χ0) is 25.0. The van der Waals surface area contributed by atoms with Crippen molar-refractivity contribution in [2.24, 2.45) is 11.3 Å². The highest BCUT2D eigenvalue weighted by atomic mass is 16.5. The number of carbonyl (C=O) groups is 2. The number of hydrogen-bond acceptors (Lipinski definition) is 4. The average molecular weight is 483 g/mol. The van der Waals surface area contributed by atoms with Crippen molar-refractivity contribution in [3.05, 3.63) is 36.0 Å². The molecule has 1 saturated carbocycles. The number of hydrogen-bond donors (Lipinski definition) is 3. The molecule has 192 valence electrons. The monoisotopic (exact) mass is 482 g/mol. The number of nitrogens with zero attached hydrogens (tertiary/aromatic N) is 1. The predicted molar refractivity (Wildman–Crippen MR) is 139 cm³/mol. The molecule has 0 bridgehead atoms. The molecule has 35 heavy (non-hydrogen) atoms. The Labute approximate surface area is 209 Å². The van der Waals surface area contributed by atoms with E-state index in [2.05, 4.69) is 65.7 Å². The number of aromatic amines is 1. The number of rotatable bonds is 10. The lowest BCUT2D eigenvalue weighted by Crippen LogP contribution is -2.53. The molecule has 3 N–H and O–H groups in total. The maximum Gasteiger partial charge on any atom is 0.227 e. The number of ether oxygens (including phenoxy) is 1. The van der Waals surface area contributed by atoms with Gasteiger partial charge in [-0.1, -0.05) is 39.0 Å². The minimum Gasteiger partial charge on any atom is -0.385 e. The lowest BCUT2D eigenvalue weighted by molar-refractivity contribution is -0.140. The summed E-state index contributed by atoms with van der Waals surface area (Å²) in [6.45, 7) is 8.26. The van der Waals surface area contributed by atoms with Gasteiger partial charge in [-0.3, -0.25) is 9.59 Å². The van der Waals surface area contributed by atoms with Crippen LogP contribution >= 0.6 is 0 Å². The van der Waals surface area contributed by atoms with Gasteiger partial charge in [0.15, 0.2) is 0 Å². The molecule has 0 spiro atoms. The van der Waals surface area contributed by atoms with Crippen LogP contribution in [-0.4, -0.2) is 60.6 Å². The lowest BCUT2D eigenvalue weighted by Gasteiger charge is -2.38. The molecule has 2 aromatic rings. The summed E-state index contributed by atoms with van der Waals surface area (Å²) in [6, 6.07) is 8.61. The third kappa shape index (κ3) is 6.64. The normalized spacial score (nSPS) is 21.6. The van der Waals surface area contributed by atoms with Crippen LogP contribution in [0.4, 0.5) is 0 Å². The maximum atomic E-state index is 14.1. The molecule has 2 fully saturated rings. The number of methoxy groups -OCH3 is 1. The van der Waals surface area contributed by atoms with Gasteiger partial charge in [-0.05, 0) is 49.1 Å². The van der Waals surface area contributed by atoms with E-state index >= 15 is 0 Å². The van der Waals surface area contributed by atoms with Gasteiger partial charge in [0.2, 0.25) is 11.8 Å². The van der Waals surface area contributed by atoms with Gasteiger partial charge in [-0.25, -0.2) is 0 Å². The van der Waals surface area contributed by atoms with Crippen LogP contribution in [0.3, 0.4) is 0 Å². The van der Waals surface area contributed by atoms with Crippen LogP contribution in [-0.2, 0) is 14.3 Å². The smallest absolute Gasteiger partial charge is 0.227 e. The number of amides is 2. The number of fused-ring (bicyclic) bond motifs is 1. The summed E-state index contributed by atoms with van der Waals surface area (Å²) in [6.07, 6.45) is 7.12. The Kier molecular flexibility index (Phi) is 8.17. The van der Waals surface area contributed by atoms with Crippen molar-refractivity contribution in [2.75, 3.05) is 26.8 Å². The molecule has 2 amide bonds. The highest BCUT2D eigenvalue weighted by molar-refractivity contribution is 5.86. The van der Waals surface area contributed by atoms with Gasteiger partial charge in [0.25, 0.3) is 0 Å². The third-order valence-corrected chi connectivity index (χ3v) is 7.09. The Bertz CT molecular complexity index is 1010. The van der Waals surface area contributed by atoms with E-state index in [1.54, 1.807) is 7.11 Å². The summed E-state index contributed by atoms with van der Waals surface area (Å²) in [4.78, 5) is 32.2. The average Bonchev–Trinajstić information content (AvgIpc) is 3.55. The van der Waals surface area contributed by atoms with E-state index in [0.29, 0.717) is 38.6 Å². The number of aromatic nitrogens is 1. The largest absolute Gasteiger partial charge is 0.385 e. The minimum absolute atomic E-state index is 0.0113. The molecule has 7 heteroatoms. The number of carbonyl (C=O) groups excluding carboxylic acids is 2. The SMILES string of the molecule is COCCCC(c1c[nH]c2ccccc12)N(C(=O)[C@@H]1CNC[C@@H](NC(=O)CC(C)(C)C)C1)C1CC1. The summed E-state index contributed by atoms with van der Waals surface area (Å²) in [5, 5.41) is 7.77. The van der Waals surface area contributed by atoms with E-state index in [1.165, 1.54) is 10.9 Å². The highest BCUT2D eigenvalue weighted by Crippen LogP contribution is 2.40. The van der Waals surface area contributed by atoms with Crippen molar-refractivity contribution in [1.29, 1.82) is 0 Å². The number of para-hydroxylation sites is 1. The zero-order valence-corrected chi connectivity index (χ0v) is 21.7. The van der Waals surface area contributed by atoms with Crippen molar-refractivity contribution in [3.63, 3.8) is 0 Å². The number of benzene rings is 1. The molecule has 2 heterocycles. The predicted octanol–water partition coefficient (Wildman–Crippen LogP) is 4.16. The van der Waals surface area contributed by atoms with Crippen LogP contribution in [0.2, 0.25) is 0 Å². The van der Waals surface area contributed by atoms with Crippen LogP contribution in [0.25, 0.3) is 10.9 Å². The van der Waals surface area contributed by atoms with Gasteiger partial charge in [-0.2, -0.15) is 0 Å². The first-order valence-electron chi connectivity index (χ1n) is 13.1.